The van der Waals surface area contributed by atoms with Gasteiger partial charge >= 0.3 is 5.97 Å². The number of rotatable bonds is 2. The van der Waals surface area contributed by atoms with Crippen LogP contribution >= 0.6 is 11.6 Å². The summed E-state index contributed by atoms with van der Waals surface area (Å²) in [4.78, 5) is 11.5. The number of hydrogen-bond acceptors (Lipinski definition) is 2. The van der Waals surface area contributed by atoms with E-state index < -0.39 is 5.97 Å². The maximum atomic E-state index is 11.5. The number of hydrogen-bond donors (Lipinski definition) is 1. The molecule has 100 valence electrons. The van der Waals surface area contributed by atoms with Crippen LogP contribution in [0.1, 0.15) is 36.9 Å². The Bertz CT molecular complexity index is 603. The van der Waals surface area contributed by atoms with Gasteiger partial charge in [-0.3, -0.25) is 0 Å². The molecule has 19 heavy (non-hydrogen) atoms. The van der Waals surface area contributed by atoms with Crippen LogP contribution in [0.15, 0.2) is 34.9 Å². The Kier molecular flexibility index (Phi) is 3.42. The lowest BCUT2D eigenvalue weighted by molar-refractivity contribution is 0.0693. The average Bonchev–Trinajstić information content (AvgIpc) is 2.74. The van der Waals surface area contributed by atoms with Gasteiger partial charge in [0.1, 0.15) is 11.3 Å². The topological polar surface area (TPSA) is 50.4 Å². The summed E-state index contributed by atoms with van der Waals surface area (Å²) in [7, 11) is 0. The molecular formula is C15H15ClO3. The predicted molar refractivity (Wildman–Crippen MR) is 74.8 cm³/mol. The van der Waals surface area contributed by atoms with Crippen LogP contribution in [0, 0.1) is 0 Å². The molecule has 1 aromatic heterocycles. The van der Waals surface area contributed by atoms with E-state index >= 15 is 0 Å². The van der Waals surface area contributed by atoms with Crippen LogP contribution in [0.2, 0.25) is 5.02 Å². The lowest BCUT2D eigenvalue weighted by atomic mass is 9.88. The maximum absolute atomic E-state index is 11.5. The molecule has 2 aromatic rings. The summed E-state index contributed by atoms with van der Waals surface area (Å²) in [5, 5.41) is 10.0. The van der Waals surface area contributed by atoms with Crippen molar-refractivity contribution < 1.29 is 14.3 Å². The van der Waals surface area contributed by atoms with Gasteiger partial charge in [0.05, 0.1) is 6.26 Å². The van der Waals surface area contributed by atoms with Gasteiger partial charge < -0.3 is 9.52 Å². The largest absolute Gasteiger partial charge is 0.478 e. The van der Waals surface area contributed by atoms with Crippen molar-refractivity contribution in [3.05, 3.63) is 46.9 Å². The van der Waals surface area contributed by atoms with Crippen LogP contribution in [0.3, 0.4) is 0 Å². The summed E-state index contributed by atoms with van der Waals surface area (Å²) in [6, 6.07) is 7.02. The molecule has 1 N–H and O–H groups in total. The van der Waals surface area contributed by atoms with Gasteiger partial charge in [0.15, 0.2) is 0 Å². The number of carboxylic acids is 1. The highest BCUT2D eigenvalue weighted by Crippen LogP contribution is 2.35. The number of aromatic carboxylic acids is 1. The highest BCUT2D eigenvalue weighted by Gasteiger charge is 2.29. The predicted octanol–water partition coefficient (Wildman–Crippen LogP) is 4.60. The van der Waals surface area contributed by atoms with Crippen molar-refractivity contribution in [3.8, 4) is 11.1 Å². The minimum Gasteiger partial charge on any atom is -0.478 e. The second kappa shape index (κ2) is 4.74. The summed E-state index contributed by atoms with van der Waals surface area (Å²) in [6.45, 7) is 5.76. The van der Waals surface area contributed by atoms with Crippen molar-refractivity contribution in [2.24, 2.45) is 0 Å². The fourth-order valence-corrected chi connectivity index (χ4v) is 2.09. The Hall–Kier alpha value is -1.74. The fourth-order valence-electron chi connectivity index (χ4n) is 1.96. The van der Waals surface area contributed by atoms with Crippen molar-refractivity contribution in [1.29, 1.82) is 0 Å². The average molecular weight is 279 g/mol. The molecule has 3 nitrogen and oxygen atoms in total. The monoisotopic (exact) mass is 278 g/mol. The van der Waals surface area contributed by atoms with Crippen molar-refractivity contribution in [2.45, 2.75) is 26.2 Å². The molecule has 4 heteroatoms. The van der Waals surface area contributed by atoms with Crippen molar-refractivity contribution in [1.82, 2.24) is 0 Å². The number of carbonyl (C=O) groups is 1. The molecule has 0 fully saturated rings. The molecule has 2 rings (SSSR count). The van der Waals surface area contributed by atoms with E-state index in [-0.39, 0.29) is 11.0 Å². The second-order valence-electron chi connectivity index (χ2n) is 5.42. The van der Waals surface area contributed by atoms with Crippen LogP contribution < -0.4 is 0 Å². The van der Waals surface area contributed by atoms with Crippen LogP contribution in [-0.4, -0.2) is 11.1 Å². The molecule has 0 saturated carbocycles. The third-order valence-electron chi connectivity index (χ3n) is 2.84. The smallest absolute Gasteiger partial charge is 0.339 e. The fraction of sp³-hybridized carbons (Fsp3) is 0.267. The number of carboxylic acid groups (broad SMARTS) is 1. The lowest BCUT2D eigenvalue weighted by Crippen LogP contribution is -2.15. The molecule has 1 heterocycles. The Labute approximate surface area is 116 Å². The normalized spacial score (nSPS) is 11.6. The molecule has 0 bridgehead atoms. The van der Waals surface area contributed by atoms with Crippen LogP contribution in [-0.2, 0) is 5.41 Å². The first-order chi connectivity index (χ1) is 8.80. The number of benzene rings is 1. The van der Waals surface area contributed by atoms with Gasteiger partial charge in [0.25, 0.3) is 0 Å². The van der Waals surface area contributed by atoms with Crippen molar-refractivity contribution in [2.75, 3.05) is 0 Å². The molecule has 0 aliphatic heterocycles. The van der Waals surface area contributed by atoms with Crippen molar-refractivity contribution >= 4 is 17.6 Å². The first-order valence-electron chi connectivity index (χ1n) is 5.92. The Balaban J connectivity index is 2.62. The van der Waals surface area contributed by atoms with Crippen LogP contribution in [0.25, 0.3) is 11.1 Å². The first kappa shape index (κ1) is 13.7. The molecule has 0 radical (unpaired) electrons. The molecule has 0 atom stereocenters. The Morgan fingerprint density at radius 3 is 2.26 bits per heavy atom. The molecule has 0 amide bonds. The van der Waals surface area contributed by atoms with E-state index in [4.69, 9.17) is 16.0 Å². The lowest BCUT2D eigenvalue weighted by Gasteiger charge is -2.16. The van der Waals surface area contributed by atoms with E-state index in [1.54, 1.807) is 24.3 Å². The van der Waals surface area contributed by atoms with Gasteiger partial charge in [-0.15, -0.1) is 0 Å². The van der Waals surface area contributed by atoms with Gasteiger partial charge in [-0.1, -0.05) is 44.5 Å². The van der Waals surface area contributed by atoms with Gasteiger partial charge in [-0.2, -0.15) is 0 Å². The van der Waals surface area contributed by atoms with E-state index in [2.05, 4.69) is 0 Å². The molecule has 0 saturated heterocycles. The highest BCUT2D eigenvalue weighted by molar-refractivity contribution is 6.30. The van der Waals surface area contributed by atoms with E-state index in [0.29, 0.717) is 16.3 Å². The van der Waals surface area contributed by atoms with Gasteiger partial charge in [0.2, 0.25) is 0 Å². The Morgan fingerprint density at radius 1 is 1.21 bits per heavy atom. The van der Waals surface area contributed by atoms with Gasteiger partial charge in [-0.05, 0) is 17.7 Å². The zero-order valence-electron chi connectivity index (χ0n) is 11.0. The molecule has 0 unspecified atom stereocenters. The molecule has 1 aromatic carbocycles. The summed E-state index contributed by atoms with van der Waals surface area (Å²) < 4.78 is 5.49. The third kappa shape index (κ3) is 2.66. The Morgan fingerprint density at radius 2 is 1.79 bits per heavy atom. The molecule has 0 spiro atoms. The van der Waals surface area contributed by atoms with E-state index in [1.165, 1.54) is 6.26 Å². The van der Waals surface area contributed by atoms with E-state index in [9.17, 15) is 9.90 Å². The molecule has 0 aliphatic carbocycles. The van der Waals surface area contributed by atoms with Crippen LogP contribution in [0.5, 0.6) is 0 Å². The SMILES string of the molecule is CC(C)(C)c1occ(-c2ccc(Cl)cc2)c1C(=O)O. The standard InChI is InChI=1S/C15H15ClO3/c1-15(2,3)13-12(14(17)18)11(8-19-13)9-4-6-10(16)7-5-9/h4-8H,1-3H3,(H,17,18). The summed E-state index contributed by atoms with van der Waals surface area (Å²) in [5.74, 6) is -0.506. The van der Waals surface area contributed by atoms with Gasteiger partial charge in [0, 0.05) is 16.0 Å². The minimum atomic E-state index is -0.983. The molecular weight excluding hydrogens is 264 g/mol. The third-order valence-corrected chi connectivity index (χ3v) is 3.09. The van der Waals surface area contributed by atoms with Crippen LogP contribution in [0.4, 0.5) is 0 Å². The number of furan rings is 1. The zero-order chi connectivity index (χ0) is 14.2. The zero-order valence-corrected chi connectivity index (χ0v) is 11.8. The van der Waals surface area contributed by atoms with Gasteiger partial charge in [-0.25, -0.2) is 4.79 Å². The summed E-state index contributed by atoms with van der Waals surface area (Å²) >= 11 is 5.84. The van der Waals surface area contributed by atoms with Crippen molar-refractivity contribution in [3.63, 3.8) is 0 Å². The van der Waals surface area contributed by atoms with E-state index in [0.717, 1.165) is 5.56 Å². The summed E-state index contributed by atoms with van der Waals surface area (Å²) in [5.41, 5.74) is 1.21. The minimum absolute atomic E-state index is 0.217. The first-order valence-corrected chi connectivity index (χ1v) is 6.29. The quantitative estimate of drug-likeness (QED) is 0.874. The molecule has 0 aliphatic rings. The van der Waals surface area contributed by atoms with E-state index in [1.807, 2.05) is 20.8 Å². The second-order valence-corrected chi connectivity index (χ2v) is 5.85. The maximum Gasteiger partial charge on any atom is 0.339 e. The number of halogens is 1. The highest BCUT2D eigenvalue weighted by atomic mass is 35.5. The summed E-state index contributed by atoms with van der Waals surface area (Å²) in [6.07, 6.45) is 1.49.